The lowest BCUT2D eigenvalue weighted by molar-refractivity contribution is -0.128. The molecule has 1 aromatic carbocycles. The van der Waals surface area contributed by atoms with E-state index in [2.05, 4.69) is 9.88 Å². The maximum Gasteiger partial charge on any atom is 0.251 e. The van der Waals surface area contributed by atoms with E-state index in [4.69, 9.17) is 16.7 Å². The highest BCUT2D eigenvalue weighted by molar-refractivity contribution is 6.30. The van der Waals surface area contributed by atoms with Crippen molar-refractivity contribution >= 4 is 17.5 Å². The smallest absolute Gasteiger partial charge is 0.251 e. The fourth-order valence-corrected chi connectivity index (χ4v) is 4.39. The quantitative estimate of drug-likeness (QED) is 0.628. The number of hydrogen-bond acceptors (Lipinski definition) is 4. The van der Waals surface area contributed by atoms with Gasteiger partial charge in [-0.25, -0.2) is 4.39 Å². The lowest BCUT2D eigenvalue weighted by atomic mass is 9.98. The molecule has 0 saturated heterocycles. The number of halogens is 2. The number of carbonyl (C=O) groups excluding carboxylic acids is 1. The lowest BCUT2D eigenvalue weighted by Gasteiger charge is -2.29. The first kappa shape index (κ1) is 19.9. The number of nitrogens with zero attached hydrogens (tertiary/aromatic N) is 5. The molecule has 158 valence electrons. The van der Waals surface area contributed by atoms with Crippen molar-refractivity contribution in [2.75, 3.05) is 26.7 Å². The molecule has 31 heavy (non-hydrogen) atoms. The average Bonchev–Trinajstić information content (AvgIpc) is 3.37. The van der Waals surface area contributed by atoms with Crippen LogP contribution in [0.1, 0.15) is 5.69 Å². The van der Waals surface area contributed by atoms with Crippen molar-refractivity contribution in [1.29, 1.82) is 0 Å². The van der Waals surface area contributed by atoms with Gasteiger partial charge in [-0.2, -0.15) is 5.10 Å². The van der Waals surface area contributed by atoms with Crippen LogP contribution in [0.2, 0.25) is 5.02 Å². The van der Waals surface area contributed by atoms with Gasteiger partial charge in [-0.1, -0.05) is 17.7 Å². The van der Waals surface area contributed by atoms with Gasteiger partial charge in [-0.3, -0.25) is 19.4 Å². The fraction of sp³-hybridized carbons (Fsp3) is 0.261. The predicted molar refractivity (Wildman–Crippen MR) is 117 cm³/mol. The number of aromatic nitrogens is 3. The van der Waals surface area contributed by atoms with Crippen molar-refractivity contribution < 1.29 is 9.18 Å². The molecule has 2 aliphatic rings. The minimum Gasteiger partial charge on any atom is -0.331 e. The summed E-state index contributed by atoms with van der Waals surface area (Å²) in [7, 11) is 2.00. The summed E-state index contributed by atoms with van der Waals surface area (Å²) in [6.07, 6.45) is 5.39. The molecule has 0 N–H and O–H groups in total. The van der Waals surface area contributed by atoms with Crippen LogP contribution in [0, 0.1) is 5.82 Å². The summed E-state index contributed by atoms with van der Waals surface area (Å²) in [5, 5.41) is 5.08. The van der Waals surface area contributed by atoms with E-state index in [0.29, 0.717) is 42.5 Å². The molecule has 0 atom stereocenters. The molecule has 0 radical (unpaired) electrons. The third-order valence-electron chi connectivity index (χ3n) is 5.79. The highest BCUT2D eigenvalue weighted by Crippen LogP contribution is 2.38. The SMILES string of the molecule is CN1CC=C(C(=O)N2CCn3nc(-c4ccc(Cl)cc4F)c(-c4ccncc4)c3C2)C1. The molecular weight excluding hydrogens is 417 g/mol. The molecule has 0 bridgehead atoms. The first-order chi connectivity index (χ1) is 15.0. The van der Waals surface area contributed by atoms with E-state index in [9.17, 15) is 9.18 Å². The Bertz CT molecular complexity index is 1190. The molecule has 3 aromatic rings. The molecule has 0 saturated carbocycles. The van der Waals surface area contributed by atoms with Crippen molar-refractivity contribution in [3.05, 3.63) is 70.9 Å². The monoisotopic (exact) mass is 437 g/mol. The Kier molecular flexibility index (Phi) is 5.08. The van der Waals surface area contributed by atoms with Crippen LogP contribution < -0.4 is 0 Å². The fourth-order valence-electron chi connectivity index (χ4n) is 4.23. The highest BCUT2D eigenvalue weighted by Gasteiger charge is 2.31. The van der Waals surface area contributed by atoms with Gasteiger partial charge in [-0.05, 0) is 42.9 Å². The topological polar surface area (TPSA) is 54.3 Å². The second kappa shape index (κ2) is 7.90. The van der Waals surface area contributed by atoms with Crippen LogP contribution in [0.4, 0.5) is 4.39 Å². The molecule has 2 aliphatic heterocycles. The third-order valence-corrected chi connectivity index (χ3v) is 6.02. The Morgan fingerprint density at radius 2 is 1.94 bits per heavy atom. The van der Waals surface area contributed by atoms with Crippen LogP contribution in [-0.2, 0) is 17.9 Å². The molecule has 0 aliphatic carbocycles. The summed E-state index contributed by atoms with van der Waals surface area (Å²) in [6.45, 7) is 2.98. The summed E-state index contributed by atoms with van der Waals surface area (Å²) in [4.78, 5) is 21.2. The van der Waals surface area contributed by atoms with E-state index < -0.39 is 5.82 Å². The molecule has 0 fully saturated rings. The zero-order chi connectivity index (χ0) is 21.5. The van der Waals surface area contributed by atoms with Crippen LogP contribution in [0.25, 0.3) is 22.4 Å². The number of fused-ring (bicyclic) bond motifs is 1. The van der Waals surface area contributed by atoms with Gasteiger partial charge in [0, 0.05) is 53.8 Å². The van der Waals surface area contributed by atoms with Crippen LogP contribution >= 0.6 is 11.6 Å². The molecule has 0 spiro atoms. The number of likely N-dealkylation sites (N-methyl/N-ethyl adjacent to an activating group) is 1. The van der Waals surface area contributed by atoms with Gasteiger partial charge >= 0.3 is 0 Å². The molecule has 2 aromatic heterocycles. The van der Waals surface area contributed by atoms with E-state index in [1.165, 1.54) is 6.07 Å². The van der Waals surface area contributed by atoms with Gasteiger partial charge in [0.15, 0.2) is 0 Å². The molecular formula is C23H21ClFN5O. The Morgan fingerprint density at radius 1 is 1.13 bits per heavy atom. The minimum atomic E-state index is -0.426. The summed E-state index contributed by atoms with van der Waals surface area (Å²) in [6, 6.07) is 8.37. The van der Waals surface area contributed by atoms with E-state index in [0.717, 1.165) is 28.9 Å². The van der Waals surface area contributed by atoms with E-state index in [-0.39, 0.29) is 5.91 Å². The van der Waals surface area contributed by atoms with E-state index >= 15 is 0 Å². The van der Waals surface area contributed by atoms with Crippen LogP contribution in [0.15, 0.2) is 54.4 Å². The molecule has 6 nitrogen and oxygen atoms in total. The summed E-state index contributed by atoms with van der Waals surface area (Å²) in [5.74, 6) is -0.373. The number of carbonyl (C=O) groups is 1. The first-order valence-corrected chi connectivity index (χ1v) is 10.5. The first-order valence-electron chi connectivity index (χ1n) is 10.1. The van der Waals surface area contributed by atoms with Crippen molar-refractivity contribution in [2.45, 2.75) is 13.1 Å². The van der Waals surface area contributed by atoms with Gasteiger partial charge in [-0.15, -0.1) is 0 Å². The van der Waals surface area contributed by atoms with Crippen molar-refractivity contribution in [3.63, 3.8) is 0 Å². The minimum absolute atomic E-state index is 0.0525. The number of hydrogen-bond donors (Lipinski definition) is 0. The maximum atomic E-state index is 14.8. The number of pyridine rings is 1. The third kappa shape index (κ3) is 3.64. The number of amides is 1. The molecule has 1 amide bonds. The van der Waals surface area contributed by atoms with Crippen LogP contribution in [0.5, 0.6) is 0 Å². The maximum absolute atomic E-state index is 14.8. The zero-order valence-corrected chi connectivity index (χ0v) is 17.8. The number of rotatable bonds is 3. The van der Waals surface area contributed by atoms with Crippen molar-refractivity contribution in [2.24, 2.45) is 0 Å². The Balaban J connectivity index is 1.59. The average molecular weight is 438 g/mol. The Morgan fingerprint density at radius 3 is 2.65 bits per heavy atom. The van der Waals surface area contributed by atoms with Gasteiger partial charge in [0.1, 0.15) is 11.5 Å². The second-order valence-corrected chi connectivity index (χ2v) is 8.34. The Labute approximate surface area is 184 Å². The van der Waals surface area contributed by atoms with Gasteiger partial charge in [0.2, 0.25) is 0 Å². The number of benzene rings is 1. The normalized spacial score (nSPS) is 16.4. The van der Waals surface area contributed by atoms with Gasteiger partial charge in [0.05, 0.1) is 18.8 Å². The standard InChI is InChI=1S/C23H21ClFN5O/c1-28-9-6-16(13-28)23(31)29-10-11-30-20(14-29)21(15-4-7-26-8-5-15)22(27-30)18-3-2-17(24)12-19(18)25/h2-8,12H,9-11,13-14H2,1H3. The van der Waals surface area contributed by atoms with E-state index in [1.807, 2.05) is 34.8 Å². The van der Waals surface area contributed by atoms with Gasteiger partial charge < -0.3 is 4.90 Å². The molecule has 0 unspecified atom stereocenters. The summed E-state index contributed by atoms with van der Waals surface area (Å²) < 4.78 is 16.7. The molecule has 8 heteroatoms. The van der Waals surface area contributed by atoms with Gasteiger partial charge in [0.25, 0.3) is 5.91 Å². The van der Waals surface area contributed by atoms with Crippen LogP contribution in [0.3, 0.4) is 0 Å². The summed E-state index contributed by atoms with van der Waals surface area (Å²) in [5.41, 5.74) is 4.35. The largest absolute Gasteiger partial charge is 0.331 e. The predicted octanol–water partition coefficient (Wildman–Crippen LogP) is 3.62. The zero-order valence-electron chi connectivity index (χ0n) is 17.1. The van der Waals surface area contributed by atoms with Crippen molar-refractivity contribution in [3.8, 4) is 22.4 Å². The van der Waals surface area contributed by atoms with Crippen LogP contribution in [-0.4, -0.2) is 57.2 Å². The molecule has 5 rings (SSSR count). The Hall–Kier alpha value is -3.03. The highest BCUT2D eigenvalue weighted by atomic mass is 35.5. The summed E-state index contributed by atoms with van der Waals surface area (Å²) >= 11 is 5.96. The lowest BCUT2D eigenvalue weighted by Crippen LogP contribution is -2.40. The second-order valence-electron chi connectivity index (χ2n) is 7.91. The molecule has 4 heterocycles. The van der Waals surface area contributed by atoms with Crippen molar-refractivity contribution in [1.82, 2.24) is 24.6 Å². The van der Waals surface area contributed by atoms with E-state index in [1.54, 1.807) is 24.5 Å².